The van der Waals surface area contributed by atoms with E-state index in [2.05, 4.69) is 21.4 Å². The van der Waals surface area contributed by atoms with Crippen LogP contribution in [0.2, 0.25) is 0 Å². The molecule has 24 heavy (non-hydrogen) atoms. The van der Waals surface area contributed by atoms with Crippen LogP contribution in [0.1, 0.15) is 12.0 Å². The average molecular weight is 325 g/mol. The maximum atomic E-state index is 12.1. The largest absolute Gasteiger partial charge is 0.487 e. The molecule has 1 aromatic heterocycles. The van der Waals surface area contributed by atoms with Crippen molar-refractivity contribution in [1.29, 1.82) is 0 Å². The summed E-state index contributed by atoms with van der Waals surface area (Å²) < 4.78 is 11.3. The second kappa shape index (κ2) is 6.57. The molecule has 1 saturated heterocycles. The van der Waals surface area contributed by atoms with Crippen molar-refractivity contribution in [2.75, 3.05) is 19.8 Å². The Morgan fingerprint density at radius 2 is 2.12 bits per heavy atom. The van der Waals surface area contributed by atoms with E-state index in [1.165, 1.54) is 0 Å². The van der Waals surface area contributed by atoms with E-state index in [-0.39, 0.29) is 17.9 Å². The van der Waals surface area contributed by atoms with Gasteiger partial charge in [-0.05, 0) is 24.1 Å². The lowest BCUT2D eigenvalue weighted by molar-refractivity contribution is -0.125. The zero-order valence-electron chi connectivity index (χ0n) is 13.3. The molecule has 124 valence electrons. The van der Waals surface area contributed by atoms with Gasteiger partial charge >= 0.3 is 0 Å². The van der Waals surface area contributed by atoms with Crippen molar-refractivity contribution in [3.05, 3.63) is 42.2 Å². The molecule has 2 aliphatic rings. The van der Waals surface area contributed by atoms with E-state index in [1.54, 1.807) is 18.5 Å². The van der Waals surface area contributed by atoms with Gasteiger partial charge in [0.15, 0.2) is 5.82 Å². The van der Waals surface area contributed by atoms with E-state index in [4.69, 9.17) is 9.47 Å². The van der Waals surface area contributed by atoms with Crippen LogP contribution in [0.25, 0.3) is 11.4 Å². The number of carbonyl (C=O) groups is 1. The third kappa shape index (κ3) is 2.97. The number of fused-ring (bicyclic) bond motifs is 1. The SMILES string of the molecule is O=C(NCC1Cc2cccc(-c3ncccn3)c2O1)C1CCOC1. The van der Waals surface area contributed by atoms with Crippen molar-refractivity contribution < 1.29 is 14.3 Å². The molecule has 2 aromatic rings. The standard InChI is InChI=1S/C18H19N3O3/c22-18(13-5-8-23-11-13)21-10-14-9-12-3-1-4-15(16(12)24-14)17-19-6-2-7-20-17/h1-4,6-7,13-14H,5,8-11H2,(H,21,22). The van der Waals surface area contributed by atoms with Crippen molar-refractivity contribution in [1.82, 2.24) is 15.3 Å². The molecular weight excluding hydrogens is 306 g/mol. The molecule has 0 radical (unpaired) electrons. The van der Waals surface area contributed by atoms with Crippen LogP contribution in [0.4, 0.5) is 0 Å². The summed E-state index contributed by atoms with van der Waals surface area (Å²) in [5, 5.41) is 2.99. The molecule has 6 heteroatoms. The van der Waals surface area contributed by atoms with Gasteiger partial charge in [0.05, 0.1) is 24.6 Å². The van der Waals surface area contributed by atoms with Gasteiger partial charge in [0.2, 0.25) is 5.91 Å². The molecule has 4 rings (SSSR count). The zero-order valence-corrected chi connectivity index (χ0v) is 13.3. The topological polar surface area (TPSA) is 73.3 Å². The fourth-order valence-electron chi connectivity index (χ4n) is 3.17. The van der Waals surface area contributed by atoms with Crippen LogP contribution >= 0.6 is 0 Å². The number of amides is 1. The van der Waals surface area contributed by atoms with Crippen LogP contribution in [0.5, 0.6) is 5.75 Å². The maximum Gasteiger partial charge on any atom is 0.225 e. The third-order valence-corrected chi connectivity index (χ3v) is 4.44. The molecule has 2 aliphatic heterocycles. The molecule has 0 aliphatic carbocycles. The molecule has 1 amide bonds. The lowest BCUT2D eigenvalue weighted by atomic mass is 10.1. The first-order valence-electron chi connectivity index (χ1n) is 8.22. The van der Waals surface area contributed by atoms with Crippen molar-refractivity contribution in [2.45, 2.75) is 18.9 Å². The van der Waals surface area contributed by atoms with E-state index in [0.717, 1.165) is 29.7 Å². The quantitative estimate of drug-likeness (QED) is 0.924. The predicted octanol–water partition coefficient (Wildman–Crippen LogP) is 1.60. The van der Waals surface area contributed by atoms with E-state index < -0.39 is 0 Å². The lowest BCUT2D eigenvalue weighted by Gasteiger charge is -2.14. The van der Waals surface area contributed by atoms with Gasteiger partial charge in [-0.15, -0.1) is 0 Å². The highest BCUT2D eigenvalue weighted by Gasteiger charge is 2.28. The molecule has 1 N–H and O–H groups in total. The van der Waals surface area contributed by atoms with E-state index in [0.29, 0.717) is 25.6 Å². The third-order valence-electron chi connectivity index (χ3n) is 4.44. The van der Waals surface area contributed by atoms with Crippen LogP contribution < -0.4 is 10.1 Å². The first-order chi connectivity index (χ1) is 11.8. The highest BCUT2D eigenvalue weighted by Crippen LogP contribution is 2.37. The Hall–Kier alpha value is -2.47. The van der Waals surface area contributed by atoms with Gasteiger partial charge in [-0.1, -0.05) is 12.1 Å². The Balaban J connectivity index is 1.43. The summed E-state index contributed by atoms with van der Waals surface area (Å²) in [4.78, 5) is 20.7. The molecule has 0 spiro atoms. The van der Waals surface area contributed by atoms with Crippen LogP contribution in [0.3, 0.4) is 0 Å². The fourth-order valence-corrected chi connectivity index (χ4v) is 3.17. The number of carbonyl (C=O) groups excluding carboxylic acids is 1. The van der Waals surface area contributed by atoms with Crippen molar-refractivity contribution in [2.24, 2.45) is 5.92 Å². The minimum atomic E-state index is -0.0591. The molecule has 3 heterocycles. The van der Waals surface area contributed by atoms with Gasteiger partial charge in [0, 0.05) is 25.4 Å². The number of rotatable bonds is 4. The molecular formula is C18H19N3O3. The normalized spacial score (nSPS) is 22.0. The molecule has 2 unspecified atom stereocenters. The number of nitrogens with zero attached hydrogens (tertiary/aromatic N) is 2. The van der Waals surface area contributed by atoms with Crippen LogP contribution in [0, 0.1) is 5.92 Å². The number of hydrogen-bond donors (Lipinski definition) is 1. The number of nitrogens with one attached hydrogen (secondary N) is 1. The minimum absolute atomic E-state index is 0.0259. The van der Waals surface area contributed by atoms with Crippen molar-refractivity contribution in [3.63, 3.8) is 0 Å². The number of para-hydroxylation sites is 1. The summed E-state index contributed by atoms with van der Waals surface area (Å²) in [6, 6.07) is 7.79. The van der Waals surface area contributed by atoms with Gasteiger partial charge in [0.1, 0.15) is 11.9 Å². The van der Waals surface area contributed by atoms with Crippen LogP contribution in [0.15, 0.2) is 36.7 Å². The second-order valence-electron chi connectivity index (χ2n) is 6.12. The van der Waals surface area contributed by atoms with Crippen molar-refractivity contribution >= 4 is 5.91 Å². The molecule has 0 bridgehead atoms. The molecule has 2 atom stereocenters. The van der Waals surface area contributed by atoms with E-state index >= 15 is 0 Å². The predicted molar refractivity (Wildman–Crippen MR) is 87.5 cm³/mol. The minimum Gasteiger partial charge on any atom is -0.487 e. The molecule has 1 fully saturated rings. The number of hydrogen-bond acceptors (Lipinski definition) is 5. The monoisotopic (exact) mass is 325 g/mol. The summed E-state index contributed by atoms with van der Waals surface area (Å²) in [6.07, 6.45) is 4.96. The highest BCUT2D eigenvalue weighted by molar-refractivity contribution is 5.79. The first kappa shape index (κ1) is 15.1. The van der Waals surface area contributed by atoms with Crippen LogP contribution in [-0.2, 0) is 16.0 Å². The smallest absolute Gasteiger partial charge is 0.225 e. The fraction of sp³-hybridized carbons (Fsp3) is 0.389. The zero-order chi connectivity index (χ0) is 16.4. The van der Waals surface area contributed by atoms with E-state index in [1.807, 2.05) is 12.1 Å². The number of ether oxygens (including phenoxy) is 2. The summed E-state index contributed by atoms with van der Waals surface area (Å²) in [5.41, 5.74) is 2.02. The van der Waals surface area contributed by atoms with Gasteiger partial charge in [-0.25, -0.2) is 9.97 Å². The number of aromatic nitrogens is 2. The first-order valence-corrected chi connectivity index (χ1v) is 8.22. The molecule has 1 aromatic carbocycles. The summed E-state index contributed by atoms with van der Waals surface area (Å²) in [5.74, 6) is 1.51. The maximum absolute atomic E-state index is 12.1. The Labute approximate surface area is 140 Å². The van der Waals surface area contributed by atoms with Gasteiger partial charge < -0.3 is 14.8 Å². The van der Waals surface area contributed by atoms with E-state index in [9.17, 15) is 4.79 Å². The van der Waals surface area contributed by atoms with Gasteiger partial charge in [-0.2, -0.15) is 0 Å². The van der Waals surface area contributed by atoms with Gasteiger partial charge in [0.25, 0.3) is 0 Å². The lowest BCUT2D eigenvalue weighted by Crippen LogP contribution is -2.38. The molecule has 0 saturated carbocycles. The Bertz CT molecular complexity index is 730. The summed E-state index contributed by atoms with van der Waals surface area (Å²) in [7, 11) is 0. The number of benzene rings is 1. The van der Waals surface area contributed by atoms with Crippen molar-refractivity contribution in [3.8, 4) is 17.1 Å². The van der Waals surface area contributed by atoms with Crippen LogP contribution in [-0.4, -0.2) is 41.7 Å². The molecule has 6 nitrogen and oxygen atoms in total. The Kier molecular flexibility index (Phi) is 4.13. The second-order valence-corrected chi connectivity index (χ2v) is 6.12. The highest BCUT2D eigenvalue weighted by atomic mass is 16.5. The average Bonchev–Trinajstić information content (AvgIpc) is 3.29. The summed E-state index contributed by atoms with van der Waals surface area (Å²) in [6.45, 7) is 1.69. The van der Waals surface area contributed by atoms with Gasteiger partial charge in [-0.3, -0.25) is 4.79 Å². The summed E-state index contributed by atoms with van der Waals surface area (Å²) >= 11 is 0. The Morgan fingerprint density at radius 1 is 1.25 bits per heavy atom. The Morgan fingerprint density at radius 3 is 2.92 bits per heavy atom.